The zero-order chi connectivity index (χ0) is 22.2. The molecule has 1 N–H and O–H groups in total. The Morgan fingerprint density at radius 1 is 0.839 bits per heavy atom. The van der Waals surface area contributed by atoms with E-state index in [4.69, 9.17) is 0 Å². The largest absolute Gasteiger partial charge is 0.388 e. The summed E-state index contributed by atoms with van der Waals surface area (Å²) >= 11 is 0. The molecule has 0 amide bonds. The lowest BCUT2D eigenvalue weighted by Gasteiger charge is -2.28. The van der Waals surface area contributed by atoms with Gasteiger partial charge in [0.1, 0.15) is 12.0 Å². The molecular formula is C27H28F2N2. The van der Waals surface area contributed by atoms with Gasteiger partial charge in [0.15, 0.2) is 0 Å². The molecule has 160 valence electrons. The highest BCUT2D eigenvalue weighted by atomic mass is 19.1. The average molecular weight is 419 g/mol. The van der Waals surface area contributed by atoms with Gasteiger partial charge in [0.25, 0.3) is 0 Å². The molecule has 0 aromatic heterocycles. The SMILES string of the molecule is CN/C(=C\C(=C/C(C)C(C)F)N(c1ccccc1)c1ccccc1)c1ccc(F)cc1. The molecule has 3 aromatic rings. The smallest absolute Gasteiger partial charge is 0.123 e. The first-order valence-electron chi connectivity index (χ1n) is 10.4. The van der Waals surface area contributed by atoms with Gasteiger partial charge in [-0.05, 0) is 55.0 Å². The maximum atomic E-state index is 14.2. The number of allylic oxidation sites excluding steroid dienone is 2. The van der Waals surface area contributed by atoms with Crippen molar-refractivity contribution in [2.24, 2.45) is 5.92 Å². The number of alkyl halides is 1. The lowest BCUT2D eigenvalue weighted by atomic mass is 10.0. The number of anilines is 2. The van der Waals surface area contributed by atoms with Gasteiger partial charge in [-0.2, -0.15) is 0 Å². The summed E-state index contributed by atoms with van der Waals surface area (Å²) in [6.07, 6.45) is 2.91. The highest BCUT2D eigenvalue weighted by Crippen LogP contribution is 2.32. The highest BCUT2D eigenvalue weighted by Gasteiger charge is 2.17. The van der Waals surface area contributed by atoms with Crippen molar-refractivity contribution in [2.75, 3.05) is 11.9 Å². The van der Waals surface area contributed by atoms with Crippen molar-refractivity contribution < 1.29 is 8.78 Å². The van der Waals surface area contributed by atoms with Gasteiger partial charge in [0.2, 0.25) is 0 Å². The molecule has 0 aliphatic heterocycles. The van der Waals surface area contributed by atoms with Crippen LogP contribution in [0.2, 0.25) is 0 Å². The van der Waals surface area contributed by atoms with Crippen molar-refractivity contribution in [2.45, 2.75) is 20.0 Å². The number of hydrogen-bond acceptors (Lipinski definition) is 2. The molecule has 2 nitrogen and oxygen atoms in total. The van der Waals surface area contributed by atoms with Gasteiger partial charge >= 0.3 is 0 Å². The van der Waals surface area contributed by atoms with Crippen LogP contribution in [0.15, 0.2) is 103 Å². The topological polar surface area (TPSA) is 15.3 Å². The first kappa shape index (κ1) is 22.3. The number of benzene rings is 3. The number of hydrogen-bond donors (Lipinski definition) is 1. The molecule has 0 spiro atoms. The molecule has 3 rings (SSSR count). The second-order valence-electron chi connectivity index (χ2n) is 7.45. The summed E-state index contributed by atoms with van der Waals surface area (Å²) in [5.41, 5.74) is 4.40. The Balaban J connectivity index is 2.19. The second-order valence-corrected chi connectivity index (χ2v) is 7.45. The Bertz CT molecular complexity index is 971. The first-order valence-corrected chi connectivity index (χ1v) is 10.4. The highest BCUT2D eigenvalue weighted by molar-refractivity contribution is 5.75. The van der Waals surface area contributed by atoms with Crippen LogP contribution in [0.25, 0.3) is 5.70 Å². The van der Waals surface area contributed by atoms with E-state index in [1.165, 1.54) is 12.1 Å². The van der Waals surface area contributed by atoms with Crippen LogP contribution in [0.3, 0.4) is 0 Å². The monoisotopic (exact) mass is 418 g/mol. The molecule has 0 radical (unpaired) electrons. The molecule has 2 unspecified atom stereocenters. The number of nitrogens with one attached hydrogen (secondary N) is 1. The predicted octanol–water partition coefficient (Wildman–Crippen LogP) is 7.10. The van der Waals surface area contributed by atoms with Crippen LogP contribution in [0.5, 0.6) is 0 Å². The minimum absolute atomic E-state index is 0.287. The van der Waals surface area contributed by atoms with Crippen LogP contribution in [-0.2, 0) is 0 Å². The number of rotatable bonds is 8. The molecule has 0 saturated heterocycles. The Hall–Kier alpha value is -3.40. The molecule has 0 saturated carbocycles. The minimum atomic E-state index is -0.999. The zero-order valence-electron chi connectivity index (χ0n) is 18.1. The van der Waals surface area contributed by atoms with Crippen LogP contribution in [0.4, 0.5) is 20.2 Å². The predicted molar refractivity (Wildman–Crippen MR) is 126 cm³/mol. The fourth-order valence-electron chi connectivity index (χ4n) is 3.27. The minimum Gasteiger partial charge on any atom is -0.388 e. The molecule has 0 aliphatic carbocycles. The van der Waals surface area contributed by atoms with Gasteiger partial charge in [-0.1, -0.05) is 61.5 Å². The van der Waals surface area contributed by atoms with E-state index in [0.717, 1.165) is 28.3 Å². The zero-order valence-corrected chi connectivity index (χ0v) is 18.1. The van der Waals surface area contributed by atoms with E-state index in [-0.39, 0.29) is 11.7 Å². The summed E-state index contributed by atoms with van der Waals surface area (Å²) in [7, 11) is 1.82. The van der Waals surface area contributed by atoms with E-state index in [1.54, 1.807) is 19.1 Å². The van der Waals surface area contributed by atoms with E-state index in [1.807, 2.05) is 86.8 Å². The van der Waals surface area contributed by atoms with E-state index in [0.29, 0.717) is 0 Å². The van der Waals surface area contributed by atoms with E-state index >= 15 is 0 Å². The van der Waals surface area contributed by atoms with Crippen LogP contribution < -0.4 is 10.2 Å². The fourth-order valence-corrected chi connectivity index (χ4v) is 3.27. The summed E-state index contributed by atoms with van der Waals surface area (Å²) in [5, 5.41) is 3.21. The van der Waals surface area contributed by atoms with Crippen molar-refractivity contribution in [1.82, 2.24) is 5.32 Å². The van der Waals surface area contributed by atoms with E-state index < -0.39 is 6.17 Å². The molecule has 4 heteroatoms. The lowest BCUT2D eigenvalue weighted by molar-refractivity contribution is 0.300. The second kappa shape index (κ2) is 10.6. The summed E-state index contributed by atoms with van der Waals surface area (Å²) < 4.78 is 27.6. The van der Waals surface area contributed by atoms with Gasteiger partial charge in [-0.15, -0.1) is 0 Å². The van der Waals surface area contributed by atoms with Gasteiger partial charge < -0.3 is 10.2 Å². The maximum Gasteiger partial charge on any atom is 0.123 e. The van der Waals surface area contributed by atoms with Crippen LogP contribution in [0, 0.1) is 11.7 Å². The summed E-state index contributed by atoms with van der Waals surface area (Å²) in [5.74, 6) is -0.586. The first-order chi connectivity index (χ1) is 15.0. The standard InChI is InChI=1S/C27H28F2N2/c1-20(21(2)28)18-26(19-27(30-3)22-14-16-23(29)17-15-22)31(24-10-6-4-7-11-24)25-12-8-5-9-13-25/h4-21,30H,1-3H3/b26-18+,27-19-. The maximum absolute atomic E-state index is 14.2. The summed E-state index contributed by atoms with van der Waals surface area (Å²) in [4.78, 5) is 2.10. The van der Waals surface area contributed by atoms with Crippen molar-refractivity contribution >= 4 is 17.1 Å². The summed E-state index contributed by atoms with van der Waals surface area (Å²) in [6, 6.07) is 26.3. The molecule has 0 fully saturated rings. The molecule has 2 atom stereocenters. The normalized spacial score (nSPS) is 14.1. The van der Waals surface area contributed by atoms with Gasteiger partial charge in [0, 0.05) is 35.7 Å². The molecule has 0 heterocycles. The number of para-hydroxylation sites is 2. The Kier molecular flexibility index (Phi) is 7.60. The fraction of sp³-hybridized carbons (Fsp3) is 0.185. The van der Waals surface area contributed by atoms with Crippen LogP contribution >= 0.6 is 0 Å². The van der Waals surface area contributed by atoms with Gasteiger partial charge in [0.05, 0.1) is 0 Å². The molecule has 3 aromatic carbocycles. The van der Waals surface area contributed by atoms with Crippen molar-refractivity contribution in [1.29, 1.82) is 0 Å². The Labute approximate surface area is 183 Å². The average Bonchev–Trinajstić information content (AvgIpc) is 2.79. The van der Waals surface area contributed by atoms with Crippen LogP contribution in [-0.4, -0.2) is 13.2 Å². The van der Waals surface area contributed by atoms with Crippen molar-refractivity contribution in [3.8, 4) is 0 Å². The number of halogens is 2. The third-order valence-electron chi connectivity index (χ3n) is 5.16. The quantitative estimate of drug-likeness (QED) is 0.392. The number of nitrogens with zero attached hydrogens (tertiary/aromatic N) is 1. The van der Waals surface area contributed by atoms with E-state index in [9.17, 15) is 8.78 Å². The molecule has 0 bridgehead atoms. The molecule has 0 aliphatic rings. The van der Waals surface area contributed by atoms with Crippen molar-refractivity contribution in [3.63, 3.8) is 0 Å². The van der Waals surface area contributed by atoms with Gasteiger partial charge in [-0.25, -0.2) is 8.78 Å². The van der Waals surface area contributed by atoms with E-state index in [2.05, 4.69) is 10.2 Å². The molecule has 31 heavy (non-hydrogen) atoms. The Morgan fingerprint density at radius 3 is 1.81 bits per heavy atom. The Morgan fingerprint density at radius 2 is 1.35 bits per heavy atom. The summed E-state index contributed by atoms with van der Waals surface area (Å²) in [6.45, 7) is 3.43. The van der Waals surface area contributed by atoms with Crippen LogP contribution in [0.1, 0.15) is 19.4 Å². The lowest BCUT2D eigenvalue weighted by Crippen LogP contribution is -2.19. The molecular weight excluding hydrogens is 390 g/mol. The van der Waals surface area contributed by atoms with Gasteiger partial charge in [-0.3, -0.25) is 0 Å². The third-order valence-corrected chi connectivity index (χ3v) is 5.16. The van der Waals surface area contributed by atoms with Crippen molar-refractivity contribution in [3.05, 3.63) is 114 Å². The third kappa shape index (κ3) is 5.82.